The molecule has 158 valence electrons. The highest BCUT2D eigenvalue weighted by Crippen LogP contribution is 2.38. The summed E-state index contributed by atoms with van der Waals surface area (Å²) >= 11 is 12.3. The summed E-state index contributed by atoms with van der Waals surface area (Å²) in [6.45, 7) is 4.39. The topological polar surface area (TPSA) is 72.7 Å². The summed E-state index contributed by atoms with van der Waals surface area (Å²) in [5.74, 6) is -0.526. The lowest BCUT2D eigenvalue weighted by molar-refractivity contribution is -0.527. The molecule has 0 amide bonds. The number of hydrogen-bond acceptors (Lipinski definition) is 5. The van der Waals surface area contributed by atoms with Crippen LogP contribution in [0.4, 0.5) is 0 Å². The summed E-state index contributed by atoms with van der Waals surface area (Å²) < 4.78 is 5.16. The molecule has 1 heterocycles. The van der Waals surface area contributed by atoms with Crippen LogP contribution in [0, 0.1) is 16.0 Å². The number of likely N-dealkylation sites (tertiary alicyclic amines) is 1. The Hall–Kier alpha value is -1.63. The molecule has 0 unspecified atom stereocenters. The number of halogens is 2. The molecule has 6 nitrogen and oxygen atoms in total. The average Bonchev–Trinajstić information content (AvgIpc) is 2.69. The van der Waals surface area contributed by atoms with Crippen molar-refractivity contribution in [2.75, 3.05) is 26.2 Å². The van der Waals surface area contributed by atoms with Gasteiger partial charge in [-0.05, 0) is 50.4 Å². The van der Waals surface area contributed by atoms with Crippen molar-refractivity contribution < 1.29 is 14.5 Å². The molecule has 0 saturated carbocycles. The molecule has 2 aliphatic rings. The number of ether oxygens (including phenoxy) is 1. The van der Waals surface area contributed by atoms with Crippen LogP contribution < -0.4 is 0 Å². The van der Waals surface area contributed by atoms with E-state index >= 15 is 0 Å². The molecule has 8 heteroatoms. The molecule has 0 radical (unpaired) electrons. The van der Waals surface area contributed by atoms with Gasteiger partial charge in [0.25, 0.3) is 0 Å². The molecule has 3 rings (SSSR count). The molecule has 0 spiro atoms. The Morgan fingerprint density at radius 2 is 2.17 bits per heavy atom. The fraction of sp³-hybridized carbons (Fsp3) is 0.571. The van der Waals surface area contributed by atoms with E-state index in [9.17, 15) is 14.9 Å². The summed E-state index contributed by atoms with van der Waals surface area (Å²) in [7, 11) is 0. The van der Waals surface area contributed by atoms with Crippen LogP contribution in [0.15, 0.2) is 29.8 Å². The molecule has 1 saturated heterocycles. The molecule has 1 fully saturated rings. The molecule has 1 aliphatic carbocycles. The van der Waals surface area contributed by atoms with Gasteiger partial charge in [-0.15, -0.1) is 0 Å². The SMILES string of the molecule is CCOC(=O)[C@H]1CCCN(CC2=CC[C@H](c3ccc(Cl)cc3Cl)[C@@H]([N+](=O)[O-])C2)C1. The molecule has 0 aromatic heterocycles. The van der Waals surface area contributed by atoms with Crippen LogP contribution in [0.3, 0.4) is 0 Å². The van der Waals surface area contributed by atoms with Gasteiger partial charge in [-0.25, -0.2) is 0 Å². The zero-order chi connectivity index (χ0) is 21.0. The number of allylic oxidation sites excluding steroid dienone is 1. The van der Waals surface area contributed by atoms with Gasteiger partial charge in [-0.2, -0.15) is 0 Å². The third-order valence-corrected chi connectivity index (χ3v) is 6.34. The van der Waals surface area contributed by atoms with Crippen molar-refractivity contribution in [1.29, 1.82) is 0 Å². The second-order valence-corrected chi connectivity index (χ2v) is 8.60. The monoisotopic (exact) mass is 440 g/mol. The van der Waals surface area contributed by atoms with Gasteiger partial charge in [0.1, 0.15) is 0 Å². The number of hydrogen-bond donors (Lipinski definition) is 0. The maximum absolute atomic E-state index is 12.1. The molecular formula is C21H26Cl2N2O4. The predicted octanol–water partition coefficient (Wildman–Crippen LogP) is 4.72. The van der Waals surface area contributed by atoms with Crippen molar-refractivity contribution in [2.45, 2.75) is 44.6 Å². The summed E-state index contributed by atoms with van der Waals surface area (Å²) in [5.41, 5.74) is 1.82. The van der Waals surface area contributed by atoms with E-state index in [2.05, 4.69) is 11.0 Å². The Bertz CT molecular complexity index is 799. The smallest absolute Gasteiger partial charge is 0.310 e. The van der Waals surface area contributed by atoms with E-state index in [4.69, 9.17) is 27.9 Å². The Morgan fingerprint density at radius 3 is 2.86 bits per heavy atom. The number of nitro groups is 1. The van der Waals surface area contributed by atoms with Gasteiger partial charge in [0.15, 0.2) is 0 Å². The highest BCUT2D eigenvalue weighted by Gasteiger charge is 2.37. The number of rotatable bonds is 6. The molecule has 29 heavy (non-hydrogen) atoms. The largest absolute Gasteiger partial charge is 0.466 e. The maximum Gasteiger partial charge on any atom is 0.310 e. The third kappa shape index (κ3) is 5.50. The first kappa shape index (κ1) is 22.1. The van der Waals surface area contributed by atoms with Gasteiger partial charge in [0.2, 0.25) is 6.04 Å². The summed E-state index contributed by atoms with van der Waals surface area (Å²) in [5, 5.41) is 12.8. The number of carbonyl (C=O) groups is 1. The van der Waals surface area contributed by atoms with E-state index in [1.165, 1.54) is 0 Å². The Morgan fingerprint density at radius 1 is 1.38 bits per heavy atom. The second-order valence-electron chi connectivity index (χ2n) is 7.75. The van der Waals surface area contributed by atoms with E-state index < -0.39 is 6.04 Å². The molecule has 0 bridgehead atoms. The van der Waals surface area contributed by atoms with Crippen LogP contribution in [-0.2, 0) is 9.53 Å². The van der Waals surface area contributed by atoms with Crippen molar-refractivity contribution in [2.24, 2.45) is 5.92 Å². The minimum absolute atomic E-state index is 0.111. The van der Waals surface area contributed by atoms with Gasteiger partial charge < -0.3 is 4.74 Å². The lowest BCUT2D eigenvalue weighted by Gasteiger charge is -2.34. The van der Waals surface area contributed by atoms with E-state index in [0.717, 1.165) is 30.5 Å². The third-order valence-electron chi connectivity index (χ3n) is 5.78. The number of piperidine rings is 1. The van der Waals surface area contributed by atoms with Gasteiger partial charge in [0, 0.05) is 34.5 Å². The minimum Gasteiger partial charge on any atom is -0.466 e. The maximum atomic E-state index is 12.1. The highest BCUT2D eigenvalue weighted by atomic mass is 35.5. The molecular weight excluding hydrogens is 415 g/mol. The standard InChI is InChI=1S/C21H26Cl2N2O4/c1-2-29-21(26)15-4-3-9-24(13-15)12-14-5-7-18(20(10-14)25(27)28)17-8-6-16(22)11-19(17)23/h5-6,8,11,15,18,20H,2-4,7,9-10,12-13H2,1H3/t15-,18+,20-/m0/s1. The number of benzene rings is 1. The van der Waals surface area contributed by atoms with Crippen molar-refractivity contribution in [1.82, 2.24) is 4.90 Å². The number of esters is 1. The summed E-state index contributed by atoms with van der Waals surface area (Å²) in [6.07, 6.45) is 4.82. The first-order chi connectivity index (χ1) is 13.9. The fourth-order valence-electron chi connectivity index (χ4n) is 4.37. The van der Waals surface area contributed by atoms with E-state index in [0.29, 0.717) is 42.6 Å². The number of nitrogens with zero attached hydrogens (tertiary/aromatic N) is 2. The molecule has 1 aromatic rings. The first-order valence-corrected chi connectivity index (χ1v) is 10.8. The van der Waals surface area contributed by atoms with Gasteiger partial charge in [-0.1, -0.05) is 40.9 Å². The minimum atomic E-state index is -0.723. The van der Waals surface area contributed by atoms with E-state index in [1.54, 1.807) is 18.2 Å². The first-order valence-electron chi connectivity index (χ1n) is 10.0. The fourth-order valence-corrected chi connectivity index (χ4v) is 4.92. The summed E-state index contributed by atoms with van der Waals surface area (Å²) in [4.78, 5) is 25.9. The van der Waals surface area contributed by atoms with Gasteiger partial charge in [0.05, 0.1) is 18.4 Å². The lowest BCUT2D eigenvalue weighted by atomic mass is 9.80. The highest BCUT2D eigenvalue weighted by molar-refractivity contribution is 6.35. The Labute approximate surface area is 180 Å². The van der Waals surface area contributed by atoms with Crippen LogP contribution in [0.5, 0.6) is 0 Å². The normalized spacial score (nSPS) is 25.3. The van der Waals surface area contributed by atoms with Crippen molar-refractivity contribution in [3.8, 4) is 0 Å². The quantitative estimate of drug-likeness (QED) is 0.277. The van der Waals surface area contributed by atoms with Crippen LogP contribution >= 0.6 is 23.2 Å². The predicted molar refractivity (Wildman–Crippen MR) is 113 cm³/mol. The zero-order valence-corrected chi connectivity index (χ0v) is 18.0. The van der Waals surface area contributed by atoms with Crippen molar-refractivity contribution in [3.05, 3.63) is 55.6 Å². The van der Waals surface area contributed by atoms with Crippen LogP contribution in [0.2, 0.25) is 10.0 Å². The van der Waals surface area contributed by atoms with Crippen LogP contribution in [-0.4, -0.2) is 48.1 Å². The Balaban J connectivity index is 1.69. The van der Waals surface area contributed by atoms with Crippen LogP contribution in [0.1, 0.15) is 44.1 Å². The zero-order valence-electron chi connectivity index (χ0n) is 16.5. The molecule has 0 N–H and O–H groups in total. The van der Waals surface area contributed by atoms with Gasteiger partial charge >= 0.3 is 5.97 Å². The molecule has 3 atom stereocenters. The van der Waals surface area contributed by atoms with E-state index in [-0.39, 0.29) is 22.7 Å². The second kappa shape index (κ2) is 9.92. The summed E-state index contributed by atoms with van der Waals surface area (Å²) in [6, 6.07) is 4.43. The average molecular weight is 441 g/mol. The van der Waals surface area contributed by atoms with E-state index in [1.807, 2.05) is 6.92 Å². The Kier molecular flexibility index (Phi) is 7.55. The van der Waals surface area contributed by atoms with Crippen molar-refractivity contribution in [3.63, 3.8) is 0 Å². The lowest BCUT2D eigenvalue weighted by Crippen LogP contribution is -2.41. The number of carbonyl (C=O) groups excluding carboxylic acids is 1. The van der Waals surface area contributed by atoms with Crippen LogP contribution in [0.25, 0.3) is 0 Å². The molecule has 1 aromatic carbocycles. The van der Waals surface area contributed by atoms with Gasteiger partial charge in [-0.3, -0.25) is 19.8 Å². The van der Waals surface area contributed by atoms with Crippen molar-refractivity contribution >= 4 is 29.2 Å². The molecule has 1 aliphatic heterocycles.